The maximum Gasteiger partial charge on any atom is 0.121 e. The van der Waals surface area contributed by atoms with Gasteiger partial charge in [0.2, 0.25) is 0 Å². The van der Waals surface area contributed by atoms with Crippen molar-refractivity contribution in [2.75, 3.05) is 13.1 Å². The van der Waals surface area contributed by atoms with Crippen molar-refractivity contribution in [3.8, 4) is 5.75 Å². The third-order valence-corrected chi connectivity index (χ3v) is 4.12. The van der Waals surface area contributed by atoms with Crippen LogP contribution in [0.15, 0.2) is 18.2 Å². The Labute approximate surface area is 119 Å². The Kier molecular flexibility index (Phi) is 4.77. The third kappa shape index (κ3) is 3.31. The normalized spacial score (nSPS) is 21.3. The molecule has 1 unspecified atom stereocenters. The van der Waals surface area contributed by atoms with E-state index in [0.29, 0.717) is 21.9 Å². The maximum absolute atomic E-state index is 6.11. The molecule has 0 aliphatic carbocycles. The number of benzene rings is 1. The lowest BCUT2D eigenvalue weighted by Crippen LogP contribution is -2.33. The van der Waals surface area contributed by atoms with E-state index in [1.54, 1.807) is 12.1 Å². The van der Waals surface area contributed by atoms with E-state index in [0.717, 1.165) is 18.8 Å². The van der Waals surface area contributed by atoms with E-state index in [1.165, 1.54) is 6.42 Å². The Hall–Kier alpha value is -0.440. The zero-order chi connectivity index (χ0) is 13.1. The van der Waals surface area contributed by atoms with Crippen LogP contribution in [-0.4, -0.2) is 19.2 Å². The highest BCUT2D eigenvalue weighted by Crippen LogP contribution is 2.30. The van der Waals surface area contributed by atoms with Crippen molar-refractivity contribution in [3.63, 3.8) is 0 Å². The van der Waals surface area contributed by atoms with Crippen molar-refractivity contribution in [1.29, 1.82) is 0 Å². The van der Waals surface area contributed by atoms with Crippen LogP contribution in [0.3, 0.4) is 0 Å². The quantitative estimate of drug-likeness (QED) is 0.904. The Bertz CT molecular complexity index is 403. The van der Waals surface area contributed by atoms with Crippen LogP contribution in [0, 0.1) is 11.8 Å². The van der Waals surface area contributed by atoms with Gasteiger partial charge in [-0.05, 0) is 31.0 Å². The lowest BCUT2D eigenvalue weighted by Gasteiger charge is -2.27. The van der Waals surface area contributed by atoms with E-state index in [2.05, 4.69) is 19.2 Å². The lowest BCUT2D eigenvalue weighted by molar-refractivity contribution is 0.0974. The average Bonchev–Trinajstić information content (AvgIpc) is 2.83. The molecule has 2 rings (SSSR count). The molecule has 1 saturated heterocycles. The number of rotatable bonds is 4. The summed E-state index contributed by atoms with van der Waals surface area (Å²) in [6.07, 6.45) is 1.39. The minimum absolute atomic E-state index is 0.220. The van der Waals surface area contributed by atoms with Gasteiger partial charge in [0.1, 0.15) is 11.9 Å². The summed E-state index contributed by atoms with van der Waals surface area (Å²) < 4.78 is 6.11. The monoisotopic (exact) mass is 287 g/mol. The smallest absolute Gasteiger partial charge is 0.121 e. The molecule has 0 amide bonds. The fourth-order valence-corrected chi connectivity index (χ4v) is 2.73. The first-order valence-corrected chi connectivity index (χ1v) is 7.16. The van der Waals surface area contributed by atoms with E-state index in [9.17, 15) is 0 Å². The summed E-state index contributed by atoms with van der Waals surface area (Å²) in [5.41, 5.74) is 0. The van der Waals surface area contributed by atoms with Gasteiger partial charge in [0.25, 0.3) is 0 Å². The summed E-state index contributed by atoms with van der Waals surface area (Å²) in [5.74, 6) is 1.85. The molecule has 2 atom stereocenters. The Morgan fingerprint density at radius 2 is 2.06 bits per heavy atom. The first-order valence-electron chi connectivity index (χ1n) is 6.40. The molecule has 18 heavy (non-hydrogen) atoms. The van der Waals surface area contributed by atoms with Crippen LogP contribution in [0.5, 0.6) is 5.75 Å². The molecule has 0 spiro atoms. The van der Waals surface area contributed by atoms with Crippen LogP contribution in [0.2, 0.25) is 10.0 Å². The second-order valence-electron chi connectivity index (χ2n) is 5.16. The summed E-state index contributed by atoms with van der Waals surface area (Å²) in [6, 6.07) is 5.46. The van der Waals surface area contributed by atoms with Gasteiger partial charge in [0.15, 0.2) is 0 Å². The van der Waals surface area contributed by atoms with E-state index >= 15 is 0 Å². The zero-order valence-corrected chi connectivity index (χ0v) is 12.3. The average molecular weight is 288 g/mol. The van der Waals surface area contributed by atoms with Gasteiger partial charge in [-0.25, -0.2) is 0 Å². The molecule has 1 aliphatic heterocycles. The molecule has 0 aromatic heterocycles. The van der Waals surface area contributed by atoms with Crippen LogP contribution in [0.25, 0.3) is 0 Å². The molecule has 0 radical (unpaired) electrons. The molecule has 1 aromatic carbocycles. The lowest BCUT2D eigenvalue weighted by atomic mass is 9.92. The number of hydrogen-bond donors (Lipinski definition) is 1. The van der Waals surface area contributed by atoms with Gasteiger partial charge < -0.3 is 10.1 Å². The van der Waals surface area contributed by atoms with Gasteiger partial charge in [-0.2, -0.15) is 0 Å². The Morgan fingerprint density at radius 3 is 2.61 bits per heavy atom. The summed E-state index contributed by atoms with van der Waals surface area (Å²) in [6.45, 7) is 6.50. The van der Waals surface area contributed by atoms with Gasteiger partial charge in [0, 0.05) is 18.5 Å². The van der Waals surface area contributed by atoms with Gasteiger partial charge >= 0.3 is 0 Å². The van der Waals surface area contributed by atoms with Crippen molar-refractivity contribution < 1.29 is 4.74 Å². The van der Waals surface area contributed by atoms with Gasteiger partial charge in [0.05, 0.1) is 10.0 Å². The number of hydrogen-bond acceptors (Lipinski definition) is 2. The first-order chi connectivity index (χ1) is 8.58. The summed E-state index contributed by atoms with van der Waals surface area (Å²) in [4.78, 5) is 0. The topological polar surface area (TPSA) is 21.3 Å². The number of ether oxygens (including phenoxy) is 1. The molecule has 1 fully saturated rings. The highest BCUT2D eigenvalue weighted by atomic mass is 35.5. The molecule has 2 nitrogen and oxygen atoms in total. The first kappa shape index (κ1) is 14.0. The predicted molar refractivity (Wildman–Crippen MR) is 76.7 cm³/mol. The molecular weight excluding hydrogens is 269 g/mol. The largest absolute Gasteiger partial charge is 0.490 e. The molecule has 1 aromatic rings. The van der Waals surface area contributed by atoms with E-state index in [-0.39, 0.29) is 6.10 Å². The van der Waals surface area contributed by atoms with Crippen molar-refractivity contribution in [2.24, 2.45) is 11.8 Å². The molecule has 1 N–H and O–H groups in total. The predicted octanol–water partition coefficient (Wildman–Crippen LogP) is 4.01. The highest BCUT2D eigenvalue weighted by Gasteiger charge is 2.29. The number of nitrogens with one attached hydrogen (secondary N) is 1. The Morgan fingerprint density at radius 1 is 1.28 bits per heavy atom. The van der Waals surface area contributed by atoms with Gasteiger partial charge in [-0.3, -0.25) is 0 Å². The third-order valence-electron chi connectivity index (χ3n) is 3.38. The van der Waals surface area contributed by atoms with E-state index < -0.39 is 0 Å². The summed E-state index contributed by atoms with van der Waals surface area (Å²) in [5, 5.41) is 4.49. The summed E-state index contributed by atoms with van der Waals surface area (Å²) >= 11 is 11.9. The number of halogens is 2. The van der Waals surface area contributed by atoms with E-state index in [4.69, 9.17) is 27.9 Å². The van der Waals surface area contributed by atoms with Crippen molar-refractivity contribution in [2.45, 2.75) is 26.4 Å². The van der Waals surface area contributed by atoms with Crippen LogP contribution < -0.4 is 10.1 Å². The van der Waals surface area contributed by atoms with Crippen molar-refractivity contribution in [1.82, 2.24) is 5.32 Å². The van der Waals surface area contributed by atoms with Crippen molar-refractivity contribution >= 4 is 23.2 Å². The highest BCUT2D eigenvalue weighted by molar-refractivity contribution is 6.42. The molecule has 100 valence electrons. The van der Waals surface area contributed by atoms with Crippen LogP contribution in [-0.2, 0) is 0 Å². The standard InChI is InChI=1S/C14H19Cl2NO/c1-9(2)14(10-5-6-17-8-10)18-11-3-4-12(15)13(16)7-11/h3-4,7,9-10,14,17H,5-6,8H2,1-2H3/t10?,14-/m1/s1. The second-order valence-corrected chi connectivity index (χ2v) is 5.97. The minimum Gasteiger partial charge on any atom is -0.490 e. The molecule has 0 bridgehead atoms. The molecule has 4 heteroatoms. The van der Waals surface area contributed by atoms with Crippen LogP contribution in [0.1, 0.15) is 20.3 Å². The summed E-state index contributed by atoms with van der Waals surface area (Å²) in [7, 11) is 0. The Balaban J connectivity index is 2.10. The second kappa shape index (κ2) is 6.14. The molecule has 0 saturated carbocycles. The molecule has 1 heterocycles. The molecule has 1 aliphatic rings. The zero-order valence-electron chi connectivity index (χ0n) is 10.7. The van der Waals surface area contributed by atoms with Crippen LogP contribution in [0.4, 0.5) is 0 Å². The van der Waals surface area contributed by atoms with Crippen LogP contribution >= 0.6 is 23.2 Å². The maximum atomic E-state index is 6.11. The molecular formula is C14H19Cl2NO. The SMILES string of the molecule is CC(C)[C@@H](Oc1ccc(Cl)c(Cl)c1)C1CCNC1. The van der Waals surface area contributed by atoms with Gasteiger partial charge in [-0.15, -0.1) is 0 Å². The fraction of sp³-hybridized carbons (Fsp3) is 0.571. The van der Waals surface area contributed by atoms with E-state index in [1.807, 2.05) is 6.07 Å². The van der Waals surface area contributed by atoms with Crippen molar-refractivity contribution in [3.05, 3.63) is 28.2 Å². The minimum atomic E-state index is 0.220. The fourth-order valence-electron chi connectivity index (χ4n) is 2.44. The van der Waals surface area contributed by atoms with Gasteiger partial charge in [-0.1, -0.05) is 37.0 Å².